The van der Waals surface area contributed by atoms with Crippen molar-refractivity contribution in [3.05, 3.63) is 65.2 Å². The highest BCUT2D eigenvalue weighted by atomic mass is 32.2. The summed E-state index contributed by atoms with van der Waals surface area (Å²) in [5.74, 6) is 0.251. The van der Waals surface area contributed by atoms with Crippen molar-refractivity contribution in [2.75, 3.05) is 13.1 Å². The Labute approximate surface area is 167 Å². The quantitative estimate of drug-likeness (QED) is 0.799. The minimum Gasteiger partial charge on any atom is -0.348 e. The number of carbonyl (C=O) groups is 1. The van der Waals surface area contributed by atoms with Crippen LogP contribution in [0, 0.1) is 0 Å². The molecule has 0 spiro atoms. The molecule has 28 heavy (non-hydrogen) atoms. The lowest BCUT2D eigenvalue weighted by molar-refractivity contribution is 0.0951. The lowest BCUT2D eigenvalue weighted by Crippen LogP contribution is -2.35. The number of rotatable bonds is 6. The molecule has 0 bridgehead atoms. The van der Waals surface area contributed by atoms with Crippen molar-refractivity contribution >= 4 is 15.9 Å². The van der Waals surface area contributed by atoms with Crippen molar-refractivity contribution in [1.29, 1.82) is 0 Å². The third-order valence-electron chi connectivity index (χ3n) is 5.14. The molecule has 0 atom stereocenters. The maximum atomic E-state index is 12.8. The normalized spacial score (nSPS) is 15.5. The first kappa shape index (κ1) is 20.6. The van der Waals surface area contributed by atoms with Gasteiger partial charge in [-0.1, -0.05) is 44.5 Å². The Balaban J connectivity index is 1.66. The molecule has 6 heteroatoms. The van der Waals surface area contributed by atoms with E-state index in [0.29, 0.717) is 29.5 Å². The Bertz CT molecular complexity index is 915. The van der Waals surface area contributed by atoms with E-state index < -0.39 is 10.0 Å². The van der Waals surface area contributed by atoms with E-state index in [1.165, 1.54) is 5.56 Å². The van der Waals surface area contributed by atoms with Crippen LogP contribution in [0.5, 0.6) is 0 Å². The summed E-state index contributed by atoms with van der Waals surface area (Å²) < 4.78 is 27.2. The van der Waals surface area contributed by atoms with Gasteiger partial charge in [-0.2, -0.15) is 4.31 Å². The third-order valence-corrected chi connectivity index (χ3v) is 7.04. The van der Waals surface area contributed by atoms with Gasteiger partial charge in [0.2, 0.25) is 10.0 Å². The fraction of sp³-hybridized carbons (Fsp3) is 0.409. The highest BCUT2D eigenvalue weighted by Gasteiger charge is 2.25. The minimum atomic E-state index is -3.47. The van der Waals surface area contributed by atoms with Gasteiger partial charge < -0.3 is 5.32 Å². The van der Waals surface area contributed by atoms with Gasteiger partial charge >= 0.3 is 0 Å². The molecule has 0 radical (unpaired) electrons. The molecular weight excluding hydrogens is 372 g/mol. The fourth-order valence-electron chi connectivity index (χ4n) is 3.37. The standard InChI is InChI=1S/C22H28N2O3S/c1-17(2)19-9-11-20(12-10-19)22(25)23-16-18-7-6-8-21(15-18)28(26,27)24-13-4-3-5-14-24/h6-12,15,17H,3-5,13-14,16H2,1-2H3,(H,23,25). The molecule has 150 valence electrons. The van der Waals surface area contributed by atoms with Gasteiger partial charge in [-0.3, -0.25) is 4.79 Å². The Hall–Kier alpha value is -2.18. The first-order valence-corrected chi connectivity index (χ1v) is 11.3. The topological polar surface area (TPSA) is 66.5 Å². The minimum absolute atomic E-state index is 0.167. The summed E-state index contributed by atoms with van der Waals surface area (Å²) in [6.45, 7) is 5.67. The van der Waals surface area contributed by atoms with E-state index in [1.807, 2.05) is 30.3 Å². The predicted molar refractivity (Wildman–Crippen MR) is 111 cm³/mol. The zero-order valence-electron chi connectivity index (χ0n) is 16.5. The van der Waals surface area contributed by atoms with Crippen molar-refractivity contribution in [2.24, 2.45) is 0 Å². The zero-order valence-corrected chi connectivity index (χ0v) is 17.3. The summed E-state index contributed by atoms with van der Waals surface area (Å²) in [5.41, 5.74) is 2.55. The van der Waals surface area contributed by atoms with Crippen LogP contribution < -0.4 is 5.32 Å². The van der Waals surface area contributed by atoms with E-state index in [4.69, 9.17) is 0 Å². The maximum Gasteiger partial charge on any atom is 0.251 e. The van der Waals surface area contributed by atoms with E-state index in [-0.39, 0.29) is 12.5 Å². The Morgan fingerprint density at radius 2 is 1.71 bits per heavy atom. The molecule has 1 N–H and O–H groups in total. The average Bonchev–Trinajstić information content (AvgIpc) is 2.73. The highest BCUT2D eigenvalue weighted by Crippen LogP contribution is 2.21. The molecule has 0 aliphatic carbocycles. The smallest absolute Gasteiger partial charge is 0.251 e. The molecule has 1 aliphatic rings. The number of sulfonamides is 1. The number of piperidine rings is 1. The van der Waals surface area contributed by atoms with E-state index in [1.54, 1.807) is 22.5 Å². The van der Waals surface area contributed by atoms with Gasteiger partial charge in [0, 0.05) is 25.2 Å². The summed E-state index contributed by atoms with van der Waals surface area (Å²) in [7, 11) is -3.47. The Morgan fingerprint density at radius 3 is 2.36 bits per heavy atom. The number of amides is 1. The second-order valence-corrected chi connectivity index (χ2v) is 9.51. The van der Waals surface area contributed by atoms with E-state index >= 15 is 0 Å². The summed E-state index contributed by atoms with van der Waals surface area (Å²) in [5, 5.41) is 2.87. The number of hydrogen-bond acceptors (Lipinski definition) is 3. The first-order valence-electron chi connectivity index (χ1n) is 9.85. The van der Waals surface area contributed by atoms with Crippen molar-refractivity contribution in [3.8, 4) is 0 Å². The van der Waals surface area contributed by atoms with Crippen molar-refractivity contribution in [2.45, 2.75) is 50.5 Å². The van der Waals surface area contributed by atoms with Crippen LogP contribution in [0.1, 0.15) is 60.5 Å². The monoisotopic (exact) mass is 400 g/mol. The van der Waals surface area contributed by atoms with Crippen molar-refractivity contribution in [1.82, 2.24) is 9.62 Å². The molecule has 5 nitrogen and oxygen atoms in total. The van der Waals surface area contributed by atoms with Crippen LogP contribution >= 0.6 is 0 Å². The van der Waals surface area contributed by atoms with Gasteiger partial charge in [-0.05, 0) is 54.2 Å². The zero-order chi connectivity index (χ0) is 20.1. The lowest BCUT2D eigenvalue weighted by atomic mass is 10.0. The summed E-state index contributed by atoms with van der Waals surface area (Å²) in [6, 6.07) is 14.4. The summed E-state index contributed by atoms with van der Waals surface area (Å²) in [4.78, 5) is 12.7. The van der Waals surface area contributed by atoms with Crippen LogP contribution in [0.4, 0.5) is 0 Å². The van der Waals surface area contributed by atoms with Gasteiger partial charge in [-0.15, -0.1) is 0 Å². The van der Waals surface area contributed by atoms with Gasteiger partial charge in [0.15, 0.2) is 0 Å². The molecule has 0 aromatic heterocycles. The molecular formula is C22H28N2O3S. The van der Waals surface area contributed by atoms with Gasteiger partial charge in [0.05, 0.1) is 4.90 Å². The molecule has 0 saturated carbocycles. The predicted octanol–water partition coefficient (Wildman–Crippen LogP) is 3.91. The van der Waals surface area contributed by atoms with Crippen molar-refractivity contribution in [3.63, 3.8) is 0 Å². The molecule has 2 aromatic carbocycles. The van der Waals surface area contributed by atoms with Crippen LogP contribution in [0.3, 0.4) is 0 Å². The molecule has 0 unspecified atom stereocenters. The number of benzene rings is 2. The highest BCUT2D eigenvalue weighted by molar-refractivity contribution is 7.89. The largest absolute Gasteiger partial charge is 0.348 e. The van der Waals surface area contributed by atoms with Crippen LogP contribution in [-0.4, -0.2) is 31.7 Å². The summed E-state index contributed by atoms with van der Waals surface area (Å²) in [6.07, 6.45) is 2.89. The number of nitrogens with one attached hydrogen (secondary N) is 1. The van der Waals surface area contributed by atoms with Crippen molar-refractivity contribution < 1.29 is 13.2 Å². The third kappa shape index (κ3) is 4.80. The first-order chi connectivity index (χ1) is 13.4. The molecule has 3 rings (SSSR count). The second kappa shape index (κ2) is 8.88. The molecule has 1 fully saturated rings. The van der Waals surface area contributed by atoms with Crippen LogP contribution in [-0.2, 0) is 16.6 Å². The number of nitrogens with zero attached hydrogens (tertiary/aromatic N) is 1. The SMILES string of the molecule is CC(C)c1ccc(C(=O)NCc2cccc(S(=O)(=O)N3CCCCC3)c2)cc1. The molecule has 1 aliphatic heterocycles. The van der Waals surface area contributed by atoms with Crippen LogP contribution in [0.25, 0.3) is 0 Å². The van der Waals surface area contributed by atoms with Gasteiger partial charge in [0.1, 0.15) is 0 Å². The second-order valence-electron chi connectivity index (χ2n) is 7.57. The lowest BCUT2D eigenvalue weighted by Gasteiger charge is -2.26. The maximum absolute atomic E-state index is 12.8. The van der Waals surface area contributed by atoms with Gasteiger partial charge in [0.25, 0.3) is 5.91 Å². The molecule has 1 saturated heterocycles. The van der Waals surface area contributed by atoms with Crippen LogP contribution in [0.15, 0.2) is 53.4 Å². The Kier molecular flexibility index (Phi) is 6.52. The molecule has 1 amide bonds. The van der Waals surface area contributed by atoms with Gasteiger partial charge in [-0.25, -0.2) is 8.42 Å². The Morgan fingerprint density at radius 1 is 1.04 bits per heavy atom. The van der Waals surface area contributed by atoms with E-state index in [0.717, 1.165) is 24.8 Å². The van der Waals surface area contributed by atoms with E-state index in [2.05, 4.69) is 19.2 Å². The summed E-state index contributed by atoms with van der Waals surface area (Å²) >= 11 is 0. The van der Waals surface area contributed by atoms with Crippen LogP contribution in [0.2, 0.25) is 0 Å². The number of hydrogen-bond donors (Lipinski definition) is 1. The number of carbonyl (C=O) groups excluding carboxylic acids is 1. The fourth-order valence-corrected chi connectivity index (χ4v) is 4.96. The average molecular weight is 401 g/mol. The molecule has 2 aromatic rings. The van der Waals surface area contributed by atoms with E-state index in [9.17, 15) is 13.2 Å². The molecule has 1 heterocycles.